The molecule has 1 aliphatic heterocycles. The maximum Gasteiger partial charge on any atom is 0.408 e. The maximum atomic E-state index is 11.3. The van der Waals surface area contributed by atoms with Crippen LogP contribution in [-0.2, 0) is 4.74 Å². The zero-order chi connectivity index (χ0) is 11.4. The van der Waals surface area contributed by atoms with Crippen LogP contribution >= 0.6 is 0 Å². The van der Waals surface area contributed by atoms with Crippen LogP contribution in [0.4, 0.5) is 4.79 Å². The van der Waals surface area contributed by atoms with Gasteiger partial charge in [-0.3, -0.25) is 0 Å². The Kier molecular flexibility index (Phi) is 3.44. The van der Waals surface area contributed by atoms with Crippen molar-refractivity contribution in [3.05, 3.63) is 35.9 Å². The van der Waals surface area contributed by atoms with Gasteiger partial charge in [0.25, 0.3) is 0 Å². The first kappa shape index (κ1) is 11.0. The van der Waals surface area contributed by atoms with Gasteiger partial charge in [0, 0.05) is 0 Å². The summed E-state index contributed by atoms with van der Waals surface area (Å²) in [6.45, 7) is 2.15. The molecule has 0 radical (unpaired) electrons. The molecule has 0 spiro atoms. The molecule has 0 aliphatic carbocycles. The van der Waals surface area contributed by atoms with Crippen LogP contribution in [0.25, 0.3) is 0 Å². The second kappa shape index (κ2) is 5.01. The molecule has 1 saturated heterocycles. The summed E-state index contributed by atoms with van der Waals surface area (Å²) < 4.78 is 5.31. The topological polar surface area (TPSA) is 38.3 Å². The van der Waals surface area contributed by atoms with E-state index in [1.165, 1.54) is 0 Å². The Morgan fingerprint density at radius 2 is 2.06 bits per heavy atom. The fraction of sp³-hybridized carbons (Fsp3) is 0.462. The third-order valence-electron chi connectivity index (χ3n) is 2.90. The monoisotopic (exact) mass is 219 g/mol. The molecule has 1 amide bonds. The Hall–Kier alpha value is -1.51. The predicted octanol–water partition coefficient (Wildman–Crippen LogP) is 3.03. The lowest BCUT2D eigenvalue weighted by atomic mass is 9.99. The molecule has 1 N–H and O–H groups in total. The van der Waals surface area contributed by atoms with Gasteiger partial charge in [-0.2, -0.15) is 0 Å². The number of benzene rings is 1. The highest BCUT2D eigenvalue weighted by molar-refractivity contribution is 5.70. The van der Waals surface area contributed by atoms with E-state index < -0.39 is 0 Å². The van der Waals surface area contributed by atoms with Crippen LogP contribution < -0.4 is 5.32 Å². The second-order valence-electron chi connectivity index (χ2n) is 4.13. The van der Waals surface area contributed by atoms with Gasteiger partial charge in [0.05, 0.1) is 6.04 Å². The smallest absolute Gasteiger partial charge is 0.408 e. The number of cyclic esters (lactones) is 1. The van der Waals surface area contributed by atoms with Crippen molar-refractivity contribution >= 4 is 6.09 Å². The first-order chi connectivity index (χ1) is 7.81. The molecule has 1 aliphatic rings. The number of alkyl carbamates (subject to hydrolysis) is 1. The summed E-state index contributed by atoms with van der Waals surface area (Å²) in [6, 6.07) is 10.0. The van der Waals surface area contributed by atoms with Crippen molar-refractivity contribution in [2.24, 2.45) is 0 Å². The number of carbonyl (C=O) groups is 1. The van der Waals surface area contributed by atoms with Gasteiger partial charge in [0.2, 0.25) is 0 Å². The predicted molar refractivity (Wildman–Crippen MR) is 62.1 cm³/mol. The van der Waals surface area contributed by atoms with E-state index in [0.717, 1.165) is 24.8 Å². The Labute approximate surface area is 95.8 Å². The molecule has 1 aromatic carbocycles. The van der Waals surface area contributed by atoms with Crippen molar-refractivity contribution in [3.63, 3.8) is 0 Å². The van der Waals surface area contributed by atoms with E-state index >= 15 is 0 Å². The normalized spacial score (nSPS) is 23.9. The Morgan fingerprint density at radius 3 is 2.75 bits per heavy atom. The number of hydrogen-bond donors (Lipinski definition) is 1. The average molecular weight is 219 g/mol. The van der Waals surface area contributed by atoms with E-state index in [1.807, 2.05) is 30.3 Å². The zero-order valence-corrected chi connectivity index (χ0v) is 9.48. The van der Waals surface area contributed by atoms with Crippen molar-refractivity contribution in [3.8, 4) is 0 Å². The summed E-state index contributed by atoms with van der Waals surface area (Å²) in [7, 11) is 0. The summed E-state index contributed by atoms with van der Waals surface area (Å²) in [4.78, 5) is 11.3. The summed E-state index contributed by atoms with van der Waals surface area (Å²) in [5.41, 5.74) is 1.07. The average Bonchev–Trinajstić information content (AvgIpc) is 2.69. The van der Waals surface area contributed by atoms with Gasteiger partial charge in [0.1, 0.15) is 6.10 Å². The first-order valence-electron chi connectivity index (χ1n) is 5.83. The molecule has 0 aromatic heterocycles. The molecule has 0 saturated carbocycles. The van der Waals surface area contributed by atoms with Crippen LogP contribution in [0.5, 0.6) is 0 Å². The standard InChI is InChI=1S/C13H17NO2/c1-2-3-9-11-12(16-13(15)14-11)10-7-5-4-6-8-10/h4-8,11-12H,2-3,9H2,1H3,(H,14,15)/t11-,12-/m0/s1. The van der Waals surface area contributed by atoms with E-state index in [0.29, 0.717) is 0 Å². The molecule has 0 unspecified atom stereocenters. The van der Waals surface area contributed by atoms with Crippen LogP contribution in [0.3, 0.4) is 0 Å². The van der Waals surface area contributed by atoms with Crippen molar-refractivity contribution in [2.45, 2.75) is 38.3 Å². The van der Waals surface area contributed by atoms with Crippen LogP contribution in [0.1, 0.15) is 37.9 Å². The molecule has 16 heavy (non-hydrogen) atoms. The van der Waals surface area contributed by atoms with E-state index in [1.54, 1.807) is 0 Å². The van der Waals surface area contributed by atoms with Crippen molar-refractivity contribution in [2.75, 3.05) is 0 Å². The minimum Gasteiger partial charge on any atom is -0.439 e. The number of nitrogens with one attached hydrogen (secondary N) is 1. The minimum absolute atomic E-state index is 0.120. The van der Waals surface area contributed by atoms with Gasteiger partial charge < -0.3 is 10.1 Å². The maximum absolute atomic E-state index is 11.3. The van der Waals surface area contributed by atoms with E-state index in [4.69, 9.17) is 4.74 Å². The lowest BCUT2D eigenvalue weighted by Crippen LogP contribution is -2.27. The molecule has 3 nitrogen and oxygen atoms in total. The molecule has 3 heteroatoms. The lowest BCUT2D eigenvalue weighted by Gasteiger charge is -2.16. The Bertz CT molecular complexity index is 350. The fourth-order valence-electron chi connectivity index (χ4n) is 2.05. The fourth-order valence-corrected chi connectivity index (χ4v) is 2.05. The van der Waals surface area contributed by atoms with Crippen molar-refractivity contribution in [1.29, 1.82) is 0 Å². The van der Waals surface area contributed by atoms with E-state index in [9.17, 15) is 4.79 Å². The van der Waals surface area contributed by atoms with Crippen molar-refractivity contribution in [1.82, 2.24) is 5.32 Å². The second-order valence-corrected chi connectivity index (χ2v) is 4.13. The molecule has 1 fully saturated rings. The minimum atomic E-state index is -0.296. The highest BCUT2D eigenvalue weighted by Crippen LogP contribution is 2.28. The van der Waals surface area contributed by atoms with Gasteiger partial charge in [-0.25, -0.2) is 4.79 Å². The highest BCUT2D eigenvalue weighted by atomic mass is 16.6. The number of carbonyl (C=O) groups excluding carboxylic acids is 1. The van der Waals surface area contributed by atoms with E-state index in [2.05, 4.69) is 12.2 Å². The summed E-state index contributed by atoms with van der Waals surface area (Å²) in [5.74, 6) is 0. The van der Waals surface area contributed by atoms with Gasteiger partial charge in [0.15, 0.2) is 0 Å². The summed E-state index contributed by atoms with van der Waals surface area (Å²) in [6.07, 6.45) is 2.79. The van der Waals surface area contributed by atoms with E-state index in [-0.39, 0.29) is 18.2 Å². The molecule has 1 heterocycles. The zero-order valence-electron chi connectivity index (χ0n) is 9.48. The highest BCUT2D eigenvalue weighted by Gasteiger charge is 2.34. The third kappa shape index (κ3) is 2.35. The SMILES string of the molecule is CCCC[C@@H]1NC(=O)O[C@H]1c1ccccc1. The molecular formula is C13H17NO2. The quantitative estimate of drug-likeness (QED) is 0.845. The first-order valence-corrected chi connectivity index (χ1v) is 5.83. The molecule has 2 atom stereocenters. The van der Waals surface area contributed by atoms with Crippen LogP contribution in [-0.4, -0.2) is 12.1 Å². The molecule has 2 rings (SSSR count). The van der Waals surface area contributed by atoms with Gasteiger partial charge in [-0.1, -0.05) is 50.1 Å². The Balaban J connectivity index is 2.09. The number of amides is 1. The largest absolute Gasteiger partial charge is 0.439 e. The number of hydrogen-bond acceptors (Lipinski definition) is 2. The molecule has 86 valence electrons. The number of ether oxygens (including phenoxy) is 1. The van der Waals surface area contributed by atoms with Crippen molar-refractivity contribution < 1.29 is 9.53 Å². The van der Waals surface area contributed by atoms with Gasteiger partial charge in [-0.15, -0.1) is 0 Å². The number of rotatable bonds is 4. The van der Waals surface area contributed by atoms with Crippen LogP contribution in [0.15, 0.2) is 30.3 Å². The third-order valence-corrected chi connectivity index (χ3v) is 2.90. The lowest BCUT2D eigenvalue weighted by molar-refractivity contribution is 0.130. The number of unbranched alkanes of at least 4 members (excludes halogenated alkanes) is 1. The van der Waals surface area contributed by atoms with Crippen LogP contribution in [0.2, 0.25) is 0 Å². The molecule has 1 aromatic rings. The van der Waals surface area contributed by atoms with Crippen LogP contribution in [0, 0.1) is 0 Å². The summed E-state index contributed by atoms with van der Waals surface area (Å²) >= 11 is 0. The Morgan fingerprint density at radius 1 is 1.31 bits per heavy atom. The molecule has 0 bridgehead atoms. The van der Waals surface area contributed by atoms with Gasteiger partial charge in [-0.05, 0) is 12.0 Å². The summed E-state index contributed by atoms with van der Waals surface area (Å²) in [5, 5.41) is 2.88. The van der Waals surface area contributed by atoms with Gasteiger partial charge >= 0.3 is 6.09 Å². The molecular weight excluding hydrogens is 202 g/mol.